The van der Waals surface area contributed by atoms with Gasteiger partial charge in [0, 0.05) is 12.7 Å². The zero-order valence-electron chi connectivity index (χ0n) is 12.5. The summed E-state index contributed by atoms with van der Waals surface area (Å²) in [5, 5.41) is 0. The quantitative estimate of drug-likeness (QED) is 0.905. The molecule has 2 aliphatic rings. The van der Waals surface area contributed by atoms with Crippen LogP contribution >= 0.6 is 0 Å². The molecule has 1 aromatic rings. The van der Waals surface area contributed by atoms with Gasteiger partial charge in [-0.2, -0.15) is 0 Å². The van der Waals surface area contributed by atoms with Crippen molar-refractivity contribution in [2.75, 3.05) is 5.73 Å². The SMILES string of the molecule is CCn1cc(N)c(=O)n(CC2CCC3(CCCC3)O2)c1=O. The summed E-state index contributed by atoms with van der Waals surface area (Å²) in [7, 11) is 0. The van der Waals surface area contributed by atoms with Gasteiger partial charge in [0.05, 0.1) is 18.2 Å². The van der Waals surface area contributed by atoms with Gasteiger partial charge in [0.2, 0.25) is 0 Å². The zero-order chi connectivity index (χ0) is 15.0. The first-order valence-corrected chi connectivity index (χ1v) is 7.82. The van der Waals surface area contributed by atoms with Gasteiger partial charge in [0.15, 0.2) is 0 Å². The van der Waals surface area contributed by atoms with Gasteiger partial charge in [-0.1, -0.05) is 12.8 Å². The van der Waals surface area contributed by atoms with Crippen molar-refractivity contribution in [3.8, 4) is 0 Å². The molecule has 1 unspecified atom stereocenters. The van der Waals surface area contributed by atoms with E-state index in [-0.39, 0.29) is 23.1 Å². The predicted molar refractivity (Wildman–Crippen MR) is 80.4 cm³/mol. The van der Waals surface area contributed by atoms with Crippen molar-refractivity contribution in [3.05, 3.63) is 27.0 Å². The molecule has 0 bridgehead atoms. The molecule has 6 heteroatoms. The minimum absolute atomic E-state index is 0.0123. The molecule has 1 saturated heterocycles. The normalized spacial score (nSPS) is 24.0. The highest BCUT2D eigenvalue weighted by atomic mass is 16.5. The number of aryl methyl sites for hydroxylation is 1. The van der Waals surface area contributed by atoms with E-state index in [4.69, 9.17) is 10.5 Å². The number of nitrogens with two attached hydrogens (primary N) is 1. The molecule has 0 radical (unpaired) electrons. The van der Waals surface area contributed by atoms with Crippen LogP contribution in [0, 0.1) is 0 Å². The Morgan fingerprint density at radius 3 is 2.71 bits per heavy atom. The summed E-state index contributed by atoms with van der Waals surface area (Å²) < 4.78 is 8.89. The molecule has 2 heterocycles. The Morgan fingerprint density at radius 1 is 1.33 bits per heavy atom. The standard InChI is InChI=1S/C15H23N3O3/c1-2-17-10-12(16)13(19)18(14(17)20)9-11-5-8-15(21-11)6-3-4-7-15/h10-11H,2-9,16H2,1H3. The van der Waals surface area contributed by atoms with Gasteiger partial charge < -0.3 is 10.5 Å². The average molecular weight is 293 g/mol. The van der Waals surface area contributed by atoms with Crippen molar-refractivity contribution >= 4 is 5.69 Å². The van der Waals surface area contributed by atoms with Gasteiger partial charge in [-0.05, 0) is 32.6 Å². The molecule has 0 amide bonds. The smallest absolute Gasteiger partial charge is 0.331 e. The van der Waals surface area contributed by atoms with Gasteiger partial charge in [0.1, 0.15) is 5.69 Å². The number of ether oxygens (including phenoxy) is 1. The summed E-state index contributed by atoms with van der Waals surface area (Å²) in [6, 6.07) is 0. The molecule has 6 nitrogen and oxygen atoms in total. The lowest BCUT2D eigenvalue weighted by atomic mass is 9.98. The van der Waals surface area contributed by atoms with Gasteiger partial charge >= 0.3 is 5.69 Å². The van der Waals surface area contributed by atoms with Gasteiger partial charge in [-0.25, -0.2) is 4.79 Å². The Labute approximate surface area is 123 Å². The summed E-state index contributed by atoms with van der Waals surface area (Å²) in [5.41, 5.74) is 5.15. The fourth-order valence-corrected chi connectivity index (χ4v) is 3.68. The highest BCUT2D eigenvalue weighted by Gasteiger charge is 2.42. The van der Waals surface area contributed by atoms with E-state index < -0.39 is 5.56 Å². The van der Waals surface area contributed by atoms with Crippen LogP contribution in [0.2, 0.25) is 0 Å². The minimum Gasteiger partial charge on any atom is -0.393 e. The van der Waals surface area contributed by atoms with Crippen LogP contribution in [-0.4, -0.2) is 20.8 Å². The molecule has 1 aromatic heterocycles. The Bertz CT molecular complexity index is 641. The first-order chi connectivity index (χ1) is 10.0. The molecular weight excluding hydrogens is 270 g/mol. The lowest BCUT2D eigenvalue weighted by Crippen LogP contribution is -2.43. The van der Waals surface area contributed by atoms with Crippen molar-refractivity contribution in [1.82, 2.24) is 9.13 Å². The second-order valence-electron chi connectivity index (χ2n) is 6.24. The highest BCUT2D eigenvalue weighted by Crippen LogP contribution is 2.43. The predicted octanol–water partition coefficient (Wildman–Crippen LogP) is 1.10. The van der Waals surface area contributed by atoms with Crippen LogP contribution < -0.4 is 17.0 Å². The van der Waals surface area contributed by atoms with Crippen molar-refractivity contribution in [1.29, 1.82) is 0 Å². The van der Waals surface area contributed by atoms with E-state index in [2.05, 4.69) is 0 Å². The lowest BCUT2D eigenvalue weighted by Gasteiger charge is -2.24. The number of hydrogen-bond acceptors (Lipinski definition) is 4. The fraction of sp³-hybridized carbons (Fsp3) is 0.733. The second kappa shape index (κ2) is 5.33. The van der Waals surface area contributed by atoms with Crippen molar-refractivity contribution < 1.29 is 4.74 Å². The van der Waals surface area contributed by atoms with E-state index in [1.54, 1.807) is 0 Å². The van der Waals surface area contributed by atoms with E-state index in [1.165, 1.54) is 28.2 Å². The molecule has 116 valence electrons. The van der Waals surface area contributed by atoms with Gasteiger partial charge in [-0.3, -0.25) is 13.9 Å². The molecule has 1 atom stereocenters. The summed E-state index contributed by atoms with van der Waals surface area (Å²) in [6.45, 7) is 2.67. The number of aromatic nitrogens is 2. The summed E-state index contributed by atoms with van der Waals surface area (Å²) >= 11 is 0. The molecular formula is C15H23N3O3. The summed E-state index contributed by atoms with van der Waals surface area (Å²) in [4.78, 5) is 24.4. The van der Waals surface area contributed by atoms with E-state index in [1.807, 2.05) is 6.92 Å². The lowest BCUT2D eigenvalue weighted by molar-refractivity contribution is -0.0426. The van der Waals surface area contributed by atoms with Crippen LogP contribution in [0.4, 0.5) is 5.69 Å². The van der Waals surface area contributed by atoms with Crippen LogP contribution in [0.5, 0.6) is 0 Å². The number of anilines is 1. The third-order valence-electron chi connectivity index (χ3n) is 4.84. The first kappa shape index (κ1) is 14.4. The Balaban J connectivity index is 1.84. The molecule has 1 spiro atoms. The number of nitrogens with zero attached hydrogens (tertiary/aromatic N) is 2. The van der Waals surface area contributed by atoms with Crippen LogP contribution in [-0.2, 0) is 17.8 Å². The maximum Gasteiger partial charge on any atom is 0.331 e. The maximum absolute atomic E-state index is 12.3. The number of hydrogen-bond donors (Lipinski definition) is 1. The third-order valence-corrected chi connectivity index (χ3v) is 4.84. The molecule has 2 N–H and O–H groups in total. The topological polar surface area (TPSA) is 79.2 Å². The van der Waals surface area contributed by atoms with Crippen LogP contribution in [0.1, 0.15) is 45.4 Å². The summed E-state index contributed by atoms with van der Waals surface area (Å²) in [5.74, 6) is 0. The fourth-order valence-electron chi connectivity index (χ4n) is 3.68. The second-order valence-corrected chi connectivity index (χ2v) is 6.24. The van der Waals surface area contributed by atoms with Crippen molar-refractivity contribution in [2.24, 2.45) is 0 Å². The Kier molecular flexibility index (Phi) is 3.65. The molecule has 1 aliphatic heterocycles. The average Bonchev–Trinajstić information content (AvgIpc) is 3.09. The largest absolute Gasteiger partial charge is 0.393 e. The van der Waals surface area contributed by atoms with Crippen molar-refractivity contribution in [2.45, 2.75) is 70.2 Å². The van der Waals surface area contributed by atoms with Gasteiger partial charge in [0.25, 0.3) is 5.56 Å². The monoisotopic (exact) mass is 293 g/mol. The molecule has 21 heavy (non-hydrogen) atoms. The van der Waals surface area contributed by atoms with Crippen LogP contribution in [0.3, 0.4) is 0 Å². The van der Waals surface area contributed by atoms with E-state index in [0.29, 0.717) is 13.1 Å². The molecule has 1 aliphatic carbocycles. The molecule has 3 rings (SSSR count). The third kappa shape index (κ3) is 2.52. The molecule has 0 aromatic carbocycles. The van der Waals surface area contributed by atoms with E-state index in [0.717, 1.165) is 25.7 Å². The number of nitrogen functional groups attached to an aromatic ring is 1. The van der Waals surface area contributed by atoms with Gasteiger partial charge in [-0.15, -0.1) is 0 Å². The van der Waals surface area contributed by atoms with Crippen LogP contribution in [0.15, 0.2) is 15.8 Å². The number of rotatable bonds is 3. The molecule has 2 fully saturated rings. The van der Waals surface area contributed by atoms with Crippen LogP contribution in [0.25, 0.3) is 0 Å². The van der Waals surface area contributed by atoms with E-state index >= 15 is 0 Å². The highest BCUT2D eigenvalue weighted by molar-refractivity contribution is 5.31. The van der Waals surface area contributed by atoms with Crippen molar-refractivity contribution in [3.63, 3.8) is 0 Å². The first-order valence-electron chi connectivity index (χ1n) is 7.82. The zero-order valence-corrected chi connectivity index (χ0v) is 12.5. The molecule has 1 saturated carbocycles. The van der Waals surface area contributed by atoms with E-state index in [9.17, 15) is 9.59 Å². The maximum atomic E-state index is 12.3. The Morgan fingerprint density at radius 2 is 2.05 bits per heavy atom. The Hall–Kier alpha value is -1.56. The minimum atomic E-state index is -0.402. The summed E-state index contributed by atoms with van der Waals surface area (Å²) in [6.07, 6.45) is 7.96.